The van der Waals surface area contributed by atoms with Crippen LogP contribution in [0.15, 0.2) is 60.7 Å². The Kier molecular flexibility index (Phi) is 13.2. The lowest BCUT2D eigenvalue weighted by Gasteiger charge is -2.34. The lowest BCUT2D eigenvalue weighted by Crippen LogP contribution is -2.54. The van der Waals surface area contributed by atoms with Gasteiger partial charge in [-0.2, -0.15) is 0 Å². The van der Waals surface area contributed by atoms with Gasteiger partial charge in [0.05, 0.1) is 6.54 Å². The van der Waals surface area contributed by atoms with E-state index in [0.717, 1.165) is 11.1 Å². The number of ether oxygens (including phenoxy) is 4. The average Bonchev–Trinajstić information content (AvgIpc) is 2.91. The Labute approximate surface area is 230 Å². The Hall–Kier alpha value is -3.63. The highest BCUT2D eigenvalue weighted by Gasteiger charge is 2.35. The van der Waals surface area contributed by atoms with Crippen LogP contribution in [-0.2, 0) is 36.8 Å². The maximum atomic E-state index is 13.4. The van der Waals surface area contributed by atoms with Gasteiger partial charge in [0.1, 0.15) is 18.2 Å². The molecule has 0 fully saturated rings. The molecule has 0 heterocycles. The summed E-state index contributed by atoms with van der Waals surface area (Å²) in [5.74, 6) is -0.359. The SMILES string of the molecule is COC(CN(C(=O)OC(C)(C)C)[C@@H](Cc1ccccc1)C(=O)NCCCNC(=O)OCc1ccccc1)OC. The summed E-state index contributed by atoms with van der Waals surface area (Å²) >= 11 is 0. The van der Waals surface area contributed by atoms with Gasteiger partial charge in [0.2, 0.25) is 5.91 Å². The van der Waals surface area contributed by atoms with Crippen molar-refractivity contribution in [1.29, 1.82) is 0 Å². The van der Waals surface area contributed by atoms with E-state index in [2.05, 4.69) is 10.6 Å². The van der Waals surface area contributed by atoms with Crippen molar-refractivity contribution < 1.29 is 33.3 Å². The quantitative estimate of drug-likeness (QED) is 0.274. The summed E-state index contributed by atoms with van der Waals surface area (Å²) < 4.78 is 21.5. The number of rotatable bonds is 14. The second-order valence-corrected chi connectivity index (χ2v) is 9.87. The monoisotopic (exact) mass is 543 g/mol. The number of nitrogens with one attached hydrogen (secondary N) is 2. The van der Waals surface area contributed by atoms with Crippen molar-refractivity contribution in [3.8, 4) is 0 Å². The van der Waals surface area contributed by atoms with Crippen LogP contribution >= 0.6 is 0 Å². The highest BCUT2D eigenvalue weighted by atomic mass is 16.7. The maximum absolute atomic E-state index is 13.4. The zero-order valence-electron chi connectivity index (χ0n) is 23.5. The number of benzene rings is 2. The van der Waals surface area contributed by atoms with E-state index in [-0.39, 0.29) is 32.0 Å². The fourth-order valence-electron chi connectivity index (χ4n) is 3.62. The number of carbonyl (C=O) groups excluding carboxylic acids is 3. The molecule has 0 unspecified atom stereocenters. The molecule has 1 atom stereocenters. The first-order valence-corrected chi connectivity index (χ1v) is 12.9. The van der Waals surface area contributed by atoms with Gasteiger partial charge in [-0.1, -0.05) is 60.7 Å². The first-order valence-electron chi connectivity index (χ1n) is 12.9. The fraction of sp³-hybridized carbons (Fsp3) is 0.483. The number of carbonyl (C=O) groups is 3. The Morgan fingerprint density at radius 2 is 1.41 bits per heavy atom. The van der Waals surface area contributed by atoms with Gasteiger partial charge in [0, 0.05) is 33.7 Å². The minimum Gasteiger partial charge on any atom is -0.445 e. The van der Waals surface area contributed by atoms with Crippen LogP contribution in [0.25, 0.3) is 0 Å². The summed E-state index contributed by atoms with van der Waals surface area (Å²) in [6, 6.07) is 17.9. The summed E-state index contributed by atoms with van der Waals surface area (Å²) in [4.78, 5) is 39.9. The molecular weight excluding hydrogens is 502 g/mol. The predicted octanol–water partition coefficient (Wildman–Crippen LogP) is 3.89. The molecule has 0 aliphatic rings. The van der Waals surface area contributed by atoms with Crippen LogP contribution in [0.3, 0.4) is 0 Å². The summed E-state index contributed by atoms with van der Waals surface area (Å²) in [5.41, 5.74) is 1.00. The Bertz CT molecular complexity index is 1010. The minimum absolute atomic E-state index is 0.0123. The molecule has 10 nitrogen and oxygen atoms in total. The molecule has 0 aromatic heterocycles. The zero-order chi connectivity index (χ0) is 28.7. The molecule has 39 heavy (non-hydrogen) atoms. The van der Waals surface area contributed by atoms with E-state index in [9.17, 15) is 14.4 Å². The van der Waals surface area contributed by atoms with Gasteiger partial charge < -0.3 is 29.6 Å². The van der Waals surface area contributed by atoms with Gasteiger partial charge in [0.15, 0.2) is 6.29 Å². The van der Waals surface area contributed by atoms with Crippen molar-refractivity contribution in [2.24, 2.45) is 0 Å². The number of hydrogen-bond acceptors (Lipinski definition) is 7. The van der Waals surface area contributed by atoms with E-state index in [1.807, 2.05) is 60.7 Å². The smallest absolute Gasteiger partial charge is 0.411 e. The fourth-order valence-corrected chi connectivity index (χ4v) is 3.62. The predicted molar refractivity (Wildman–Crippen MR) is 147 cm³/mol. The second-order valence-electron chi connectivity index (χ2n) is 9.87. The van der Waals surface area contributed by atoms with Crippen LogP contribution in [0.2, 0.25) is 0 Å². The summed E-state index contributed by atoms with van der Waals surface area (Å²) in [7, 11) is 2.93. The van der Waals surface area contributed by atoms with Gasteiger partial charge in [-0.25, -0.2) is 9.59 Å². The molecule has 0 saturated heterocycles. The molecule has 2 aromatic rings. The molecule has 0 aliphatic carbocycles. The first-order chi connectivity index (χ1) is 18.6. The third-order valence-electron chi connectivity index (χ3n) is 5.59. The largest absolute Gasteiger partial charge is 0.445 e. The molecule has 10 heteroatoms. The Morgan fingerprint density at radius 1 is 0.846 bits per heavy atom. The van der Waals surface area contributed by atoms with E-state index < -0.39 is 30.1 Å². The normalized spacial score (nSPS) is 11.9. The standard InChI is InChI=1S/C29H41N3O7/c1-29(2,3)39-28(35)32(20-25(36-4)37-5)24(19-22-13-8-6-9-14-22)26(33)30-17-12-18-31-27(34)38-21-23-15-10-7-11-16-23/h6-11,13-16,24-25H,12,17-21H2,1-5H3,(H,30,33)(H,31,34)/t24-/m0/s1. The van der Waals surface area contributed by atoms with Gasteiger partial charge in [-0.15, -0.1) is 0 Å². The zero-order valence-corrected chi connectivity index (χ0v) is 23.5. The van der Waals surface area contributed by atoms with Crippen LogP contribution < -0.4 is 10.6 Å². The van der Waals surface area contributed by atoms with Crippen molar-refractivity contribution in [3.05, 3.63) is 71.8 Å². The van der Waals surface area contributed by atoms with Crippen LogP contribution in [0, 0.1) is 0 Å². The molecule has 2 N–H and O–H groups in total. The highest BCUT2D eigenvalue weighted by Crippen LogP contribution is 2.17. The average molecular weight is 544 g/mol. The maximum Gasteiger partial charge on any atom is 0.411 e. The number of hydrogen-bond donors (Lipinski definition) is 2. The van der Waals surface area contributed by atoms with Crippen molar-refractivity contribution in [3.63, 3.8) is 0 Å². The van der Waals surface area contributed by atoms with Crippen molar-refractivity contribution >= 4 is 18.1 Å². The van der Waals surface area contributed by atoms with Gasteiger partial charge in [0.25, 0.3) is 0 Å². The number of methoxy groups -OCH3 is 2. The third-order valence-corrected chi connectivity index (χ3v) is 5.59. The molecule has 2 rings (SSSR count). The Morgan fingerprint density at radius 3 is 1.97 bits per heavy atom. The number of nitrogens with zero attached hydrogens (tertiary/aromatic N) is 1. The van der Waals surface area contributed by atoms with Crippen molar-refractivity contribution in [1.82, 2.24) is 15.5 Å². The second kappa shape index (κ2) is 16.4. The minimum atomic E-state index is -0.890. The molecule has 0 aliphatic heterocycles. The highest BCUT2D eigenvalue weighted by molar-refractivity contribution is 5.86. The molecule has 2 aromatic carbocycles. The van der Waals surface area contributed by atoms with Crippen molar-refractivity contribution in [2.75, 3.05) is 33.9 Å². The summed E-state index contributed by atoms with van der Waals surface area (Å²) in [6.45, 7) is 6.04. The molecule has 0 saturated carbocycles. The van der Waals surface area contributed by atoms with Crippen LogP contribution in [-0.4, -0.2) is 74.8 Å². The van der Waals surface area contributed by atoms with Gasteiger partial charge in [-0.3, -0.25) is 9.69 Å². The van der Waals surface area contributed by atoms with Gasteiger partial charge >= 0.3 is 12.2 Å². The summed E-state index contributed by atoms with van der Waals surface area (Å²) in [5, 5.41) is 5.55. The lowest BCUT2D eigenvalue weighted by atomic mass is 10.0. The molecular formula is C29H41N3O7. The molecule has 0 radical (unpaired) electrons. The summed E-state index contributed by atoms with van der Waals surface area (Å²) in [6.07, 6.45) is -1.21. The van der Waals surface area contributed by atoms with Gasteiger partial charge in [-0.05, 0) is 38.3 Å². The topological polar surface area (TPSA) is 115 Å². The van der Waals surface area contributed by atoms with Crippen molar-refractivity contribution in [2.45, 2.75) is 58.2 Å². The first kappa shape index (κ1) is 31.6. The van der Waals surface area contributed by atoms with E-state index >= 15 is 0 Å². The van der Waals surface area contributed by atoms with Crippen LogP contribution in [0.4, 0.5) is 9.59 Å². The number of amides is 3. The molecule has 214 valence electrons. The molecule has 0 bridgehead atoms. The molecule has 3 amide bonds. The van der Waals surface area contributed by atoms with Crippen LogP contribution in [0.5, 0.6) is 0 Å². The third kappa shape index (κ3) is 12.2. The van der Waals surface area contributed by atoms with E-state index in [1.54, 1.807) is 20.8 Å². The van der Waals surface area contributed by atoms with E-state index in [4.69, 9.17) is 18.9 Å². The Balaban J connectivity index is 2.01. The number of alkyl carbamates (subject to hydrolysis) is 1. The van der Waals surface area contributed by atoms with E-state index in [0.29, 0.717) is 13.0 Å². The lowest BCUT2D eigenvalue weighted by molar-refractivity contribution is -0.135. The molecule has 0 spiro atoms. The van der Waals surface area contributed by atoms with E-state index in [1.165, 1.54) is 19.1 Å². The van der Waals surface area contributed by atoms with Crippen LogP contribution in [0.1, 0.15) is 38.3 Å².